The highest BCUT2D eigenvalue weighted by Gasteiger charge is 2.37. The molecule has 0 spiro atoms. The SMILES string of the molecule is CC1(C)c2cc(N(c3ccccc3)c3ccc4c5ccccc5c5ccccc5c4c3)ccc2-c2c1ccc1ccccc21. The van der Waals surface area contributed by atoms with Gasteiger partial charge >= 0.3 is 0 Å². The van der Waals surface area contributed by atoms with Crippen LogP contribution in [0.1, 0.15) is 25.0 Å². The molecule has 0 N–H and O–H groups in total. The normalized spacial score (nSPS) is 13.4. The third kappa shape index (κ3) is 3.53. The van der Waals surface area contributed by atoms with E-state index in [1.54, 1.807) is 0 Å². The molecule has 0 aliphatic heterocycles. The maximum Gasteiger partial charge on any atom is 0.0468 e. The Kier molecular flexibility index (Phi) is 5.31. The van der Waals surface area contributed by atoms with Crippen molar-refractivity contribution in [2.75, 3.05) is 4.90 Å². The number of hydrogen-bond donors (Lipinski definition) is 0. The van der Waals surface area contributed by atoms with Gasteiger partial charge in [0.1, 0.15) is 0 Å². The molecule has 9 rings (SSSR count). The van der Waals surface area contributed by atoms with E-state index in [2.05, 4.69) is 170 Å². The Balaban J connectivity index is 1.29. The number of para-hydroxylation sites is 1. The van der Waals surface area contributed by atoms with Gasteiger partial charge < -0.3 is 4.90 Å². The van der Waals surface area contributed by atoms with Crippen molar-refractivity contribution in [3.05, 3.63) is 163 Å². The van der Waals surface area contributed by atoms with Crippen LogP contribution in [0.15, 0.2) is 152 Å². The van der Waals surface area contributed by atoms with Crippen molar-refractivity contribution in [1.29, 1.82) is 0 Å². The van der Waals surface area contributed by atoms with Gasteiger partial charge in [0.25, 0.3) is 0 Å². The maximum absolute atomic E-state index is 2.43. The fraction of sp³-hybridized carbons (Fsp3) is 0.0698. The van der Waals surface area contributed by atoms with Gasteiger partial charge in [-0.15, -0.1) is 0 Å². The van der Waals surface area contributed by atoms with E-state index in [4.69, 9.17) is 0 Å². The van der Waals surface area contributed by atoms with Gasteiger partial charge in [0.2, 0.25) is 0 Å². The lowest BCUT2D eigenvalue weighted by molar-refractivity contribution is 0.661. The van der Waals surface area contributed by atoms with E-state index in [0.717, 1.165) is 11.4 Å². The Hall–Kier alpha value is -5.40. The Labute approximate surface area is 257 Å². The quantitative estimate of drug-likeness (QED) is 0.194. The largest absolute Gasteiger partial charge is 0.310 e. The van der Waals surface area contributed by atoms with Crippen molar-refractivity contribution in [1.82, 2.24) is 0 Å². The molecule has 0 bridgehead atoms. The Morgan fingerprint density at radius 1 is 0.386 bits per heavy atom. The van der Waals surface area contributed by atoms with Crippen LogP contribution >= 0.6 is 0 Å². The van der Waals surface area contributed by atoms with E-state index in [1.165, 1.54) is 71.0 Å². The summed E-state index contributed by atoms with van der Waals surface area (Å²) in [5.41, 5.74) is 8.87. The minimum absolute atomic E-state index is 0.106. The molecular formula is C43H31N. The van der Waals surface area contributed by atoms with Gasteiger partial charge in [-0.1, -0.05) is 129 Å². The van der Waals surface area contributed by atoms with Gasteiger partial charge in [0, 0.05) is 22.5 Å². The molecule has 0 aromatic heterocycles. The molecule has 0 unspecified atom stereocenters. The predicted octanol–water partition coefficient (Wildman–Crippen LogP) is 12.1. The molecular weight excluding hydrogens is 530 g/mol. The van der Waals surface area contributed by atoms with Crippen LogP contribution in [-0.4, -0.2) is 0 Å². The first-order valence-electron chi connectivity index (χ1n) is 15.5. The van der Waals surface area contributed by atoms with E-state index in [-0.39, 0.29) is 5.41 Å². The Bertz CT molecular complexity index is 2380. The molecule has 0 fully saturated rings. The minimum Gasteiger partial charge on any atom is -0.310 e. The van der Waals surface area contributed by atoms with Crippen LogP contribution in [0.3, 0.4) is 0 Å². The van der Waals surface area contributed by atoms with E-state index in [1.807, 2.05) is 0 Å². The van der Waals surface area contributed by atoms with Gasteiger partial charge in [0.15, 0.2) is 0 Å². The Morgan fingerprint density at radius 3 is 1.64 bits per heavy atom. The van der Waals surface area contributed by atoms with Crippen molar-refractivity contribution in [2.45, 2.75) is 19.3 Å². The molecule has 0 atom stereocenters. The number of fused-ring (bicyclic) bond motifs is 11. The molecule has 0 amide bonds. The van der Waals surface area contributed by atoms with Gasteiger partial charge in [0.05, 0.1) is 0 Å². The molecule has 0 radical (unpaired) electrons. The van der Waals surface area contributed by atoms with Crippen molar-refractivity contribution in [3.63, 3.8) is 0 Å². The molecule has 0 saturated heterocycles. The first kappa shape index (κ1) is 25.1. The topological polar surface area (TPSA) is 3.24 Å². The molecule has 8 aromatic rings. The molecule has 44 heavy (non-hydrogen) atoms. The number of benzene rings is 8. The highest BCUT2D eigenvalue weighted by Crippen LogP contribution is 2.53. The van der Waals surface area contributed by atoms with Gasteiger partial charge in [-0.2, -0.15) is 0 Å². The van der Waals surface area contributed by atoms with Crippen LogP contribution in [0.5, 0.6) is 0 Å². The zero-order valence-corrected chi connectivity index (χ0v) is 24.9. The highest BCUT2D eigenvalue weighted by atomic mass is 15.1. The zero-order valence-electron chi connectivity index (χ0n) is 24.9. The van der Waals surface area contributed by atoms with Crippen LogP contribution in [0, 0.1) is 0 Å². The van der Waals surface area contributed by atoms with Gasteiger partial charge in [-0.25, -0.2) is 0 Å². The average molecular weight is 562 g/mol. The summed E-state index contributed by atoms with van der Waals surface area (Å²) in [6, 6.07) is 55.9. The van der Waals surface area contributed by atoms with Gasteiger partial charge in [-0.3, -0.25) is 0 Å². The molecule has 0 heterocycles. The molecule has 208 valence electrons. The molecule has 1 aliphatic carbocycles. The molecule has 8 aromatic carbocycles. The second-order valence-corrected chi connectivity index (χ2v) is 12.6. The molecule has 1 nitrogen and oxygen atoms in total. The third-order valence-corrected chi connectivity index (χ3v) is 9.81. The van der Waals surface area contributed by atoms with Crippen LogP contribution in [0.2, 0.25) is 0 Å². The second kappa shape index (κ2) is 9.30. The van der Waals surface area contributed by atoms with Crippen LogP contribution in [0.4, 0.5) is 17.1 Å². The number of hydrogen-bond acceptors (Lipinski definition) is 1. The second-order valence-electron chi connectivity index (χ2n) is 12.6. The summed E-state index contributed by atoms with van der Waals surface area (Å²) < 4.78 is 0. The van der Waals surface area contributed by atoms with Crippen molar-refractivity contribution in [3.8, 4) is 11.1 Å². The van der Waals surface area contributed by atoms with E-state index >= 15 is 0 Å². The predicted molar refractivity (Wildman–Crippen MR) is 189 cm³/mol. The monoisotopic (exact) mass is 561 g/mol. The van der Waals surface area contributed by atoms with Crippen LogP contribution in [0.25, 0.3) is 54.2 Å². The smallest absolute Gasteiger partial charge is 0.0468 e. The standard InChI is InChI=1S/C43H31N/c1-43(2)40-25-20-28-12-6-7-15-32(28)42(40)38-24-22-31(27-41(38)43)44(29-13-4-3-5-14-29)30-21-23-37-35-18-9-8-16-33(35)34-17-10-11-19-36(34)39(37)26-30/h3-27H,1-2H3. The summed E-state index contributed by atoms with van der Waals surface area (Å²) in [5, 5.41) is 10.4. The summed E-state index contributed by atoms with van der Waals surface area (Å²) in [4.78, 5) is 2.42. The fourth-order valence-corrected chi connectivity index (χ4v) is 7.69. The lowest BCUT2D eigenvalue weighted by Crippen LogP contribution is -2.16. The van der Waals surface area contributed by atoms with E-state index in [0.29, 0.717) is 0 Å². The highest BCUT2D eigenvalue weighted by molar-refractivity contribution is 6.25. The summed E-state index contributed by atoms with van der Waals surface area (Å²) in [6.07, 6.45) is 0. The van der Waals surface area contributed by atoms with Crippen molar-refractivity contribution in [2.24, 2.45) is 0 Å². The van der Waals surface area contributed by atoms with Crippen molar-refractivity contribution < 1.29 is 0 Å². The molecule has 1 heteroatoms. The first-order chi connectivity index (χ1) is 21.6. The average Bonchev–Trinajstić information content (AvgIpc) is 3.31. The van der Waals surface area contributed by atoms with Gasteiger partial charge in [-0.05, 0) is 102 Å². The fourth-order valence-electron chi connectivity index (χ4n) is 7.69. The lowest BCUT2D eigenvalue weighted by Gasteiger charge is -2.28. The summed E-state index contributed by atoms with van der Waals surface area (Å²) >= 11 is 0. The number of anilines is 3. The Morgan fingerprint density at radius 2 is 0.932 bits per heavy atom. The van der Waals surface area contributed by atoms with Crippen molar-refractivity contribution >= 4 is 60.2 Å². The third-order valence-electron chi connectivity index (χ3n) is 9.81. The number of nitrogens with zero attached hydrogens (tertiary/aromatic N) is 1. The summed E-state index contributed by atoms with van der Waals surface area (Å²) in [6.45, 7) is 4.74. The minimum atomic E-state index is -0.106. The maximum atomic E-state index is 2.43. The lowest BCUT2D eigenvalue weighted by atomic mass is 9.82. The first-order valence-corrected chi connectivity index (χ1v) is 15.5. The number of rotatable bonds is 3. The van der Waals surface area contributed by atoms with Crippen LogP contribution in [-0.2, 0) is 5.41 Å². The molecule has 0 saturated carbocycles. The van der Waals surface area contributed by atoms with E-state index in [9.17, 15) is 0 Å². The molecule has 1 aliphatic rings. The van der Waals surface area contributed by atoms with E-state index < -0.39 is 0 Å². The summed E-state index contributed by atoms with van der Waals surface area (Å²) in [7, 11) is 0. The van der Waals surface area contributed by atoms with Crippen LogP contribution < -0.4 is 4.90 Å². The zero-order chi connectivity index (χ0) is 29.4. The summed E-state index contributed by atoms with van der Waals surface area (Å²) in [5.74, 6) is 0.